The topological polar surface area (TPSA) is 17.1 Å². The van der Waals surface area contributed by atoms with Crippen LogP contribution in [0.25, 0.3) is 6.08 Å². The van der Waals surface area contributed by atoms with Crippen molar-refractivity contribution < 1.29 is 18.0 Å². The molecular formula is C19H15Cl2F3O. The summed E-state index contributed by atoms with van der Waals surface area (Å²) in [4.78, 5) is 11.6. The summed E-state index contributed by atoms with van der Waals surface area (Å²) >= 11 is 11.6. The lowest BCUT2D eigenvalue weighted by atomic mass is 9.97. The minimum Gasteiger partial charge on any atom is -0.294 e. The molecule has 6 heteroatoms. The maximum Gasteiger partial charge on any atom is 0.399 e. The Morgan fingerprint density at radius 1 is 1.08 bits per heavy atom. The van der Waals surface area contributed by atoms with E-state index in [1.807, 2.05) is 0 Å². The van der Waals surface area contributed by atoms with Gasteiger partial charge in [0.15, 0.2) is 5.78 Å². The predicted octanol–water partition coefficient (Wildman–Crippen LogP) is 6.95. The number of ketones is 1. The fraction of sp³-hybridized carbons (Fsp3) is 0.211. The van der Waals surface area contributed by atoms with E-state index in [9.17, 15) is 18.0 Å². The highest BCUT2D eigenvalue weighted by Gasteiger charge is 2.39. The molecule has 1 atom stereocenters. The van der Waals surface area contributed by atoms with E-state index in [0.717, 1.165) is 6.08 Å². The third-order valence-electron chi connectivity index (χ3n) is 3.63. The van der Waals surface area contributed by atoms with Gasteiger partial charge in [0.25, 0.3) is 0 Å². The molecule has 0 fully saturated rings. The summed E-state index contributed by atoms with van der Waals surface area (Å²) in [6.45, 7) is 1.75. The van der Waals surface area contributed by atoms with Gasteiger partial charge in [-0.1, -0.05) is 66.5 Å². The van der Waals surface area contributed by atoms with Crippen molar-refractivity contribution in [3.8, 4) is 0 Å². The molecule has 0 amide bonds. The van der Waals surface area contributed by atoms with Crippen LogP contribution in [0.1, 0.15) is 40.7 Å². The number of hydrogen-bond acceptors (Lipinski definition) is 1. The predicted molar refractivity (Wildman–Crippen MR) is 95.4 cm³/mol. The van der Waals surface area contributed by atoms with E-state index in [1.54, 1.807) is 31.2 Å². The molecule has 2 aromatic carbocycles. The van der Waals surface area contributed by atoms with Gasteiger partial charge in [0.2, 0.25) is 0 Å². The molecule has 1 nitrogen and oxygen atoms in total. The Hall–Kier alpha value is -1.78. The summed E-state index contributed by atoms with van der Waals surface area (Å²) < 4.78 is 40.2. The Labute approximate surface area is 154 Å². The number of carbonyl (C=O) groups excluding carboxylic acids is 1. The Kier molecular flexibility index (Phi) is 6.31. The lowest BCUT2D eigenvalue weighted by molar-refractivity contribution is -0.139. The second kappa shape index (κ2) is 8.07. The molecule has 2 rings (SSSR count). The van der Waals surface area contributed by atoms with E-state index < -0.39 is 12.1 Å². The van der Waals surface area contributed by atoms with E-state index in [1.165, 1.54) is 24.3 Å². The van der Waals surface area contributed by atoms with Gasteiger partial charge in [0.1, 0.15) is 0 Å². The fourth-order valence-electron chi connectivity index (χ4n) is 2.36. The van der Waals surface area contributed by atoms with Crippen LogP contribution in [0, 0.1) is 0 Å². The summed E-state index contributed by atoms with van der Waals surface area (Å²) in [6, 6.07) is 10.3. The first-order valence-corrected chi connectivity index (χ1v) is 8.30. The van der Waals surface area contributed by atoms with Crippen LogP contribution in [0.3, 0.4) is 0 Å². The number of carbonyl (C=O) groups is 1. The second-order valence-corrected chi connectivity index (χ2v) is 6.35. The van der Waals surface area contributed by atoms with Crippen molar-refractivity contribution in [1.29, 1.82) is 0 Å². The third kappa shape index (κ3) is 5.35. The van der Waals surface area contributed by atoms with Crippen molar-refractivity contribution in [2.45, 2.75) is 25.4 Å². The number of Topliss-reactive ketones (excluding diaryl/α,β-unsaturated/α-hetero) is 1. The van der Waals surface area contributed by atoms with Crippen molar-refractivity contribution in [1.82, 2.24) is 0 Å². The van der Waals surface area contributed by atoms with E-state index in [2.05, 4.69) is 0 Å². The van der Waals surface area contributed by atoms with Crippen LogP contribution in [0.2, 0.25) is 10.0 Å². The fourth-order valence-corrected chi connectivity index (χ4v) is 2.90. The summed E-state index contributed by atoms with van der Waals surface area (Å²) in [6.07, 6.45) is -1.69. The van der Waals surface area contributed by atoms with Crippen molar-refractivity contribution in [2.75, 3.05) is 0 Å². The maximum atomic E-state index is 13.4. The molecule has 0 saturated carbocycles. The molecule has 0 N–H and O–H groups in total. The minimum absolute atomic E-state index is 0.0164. The molecule has 0 saturated heterocycles. The zero-order valence-electron chi connectivity index (χ0n) is 13.3. The lowest BCUT2D eigenvalue weighted by Crippen LogP contribution is -2.18. The molecule has 0 spiro atoms. The Balaban J connectivity index is 2.31. The van der Waals surface area contributed by atoms with Crippen molar-refractivity contribution in [2.24, 2.45) is 0 Å². The summed E-state index contributed by atoms with van der Waals surface area (Å²) in [5.41, 5.74) is 1.07. The van der Waals surface area contributed by atoms with E-state index in [4.69, 9.17) is 23.2 Å². The van der Waals surface area contributed by atoms with Gasteiger partial charge in [-0.25, -0.2) is 0 Å². The normalized spacial score (nSPS) is 13.2. The van der Waals surface area contributed by atoms with Gasteiger partial charge in [-0.3, -0.25) is 4.79 Å². The van der Waals surface area contributed by atoms with E-state index in [0.29, 0.717) is 17.5 Å². The average molecular weight is 387 g/mol. The highest BCUT2D eigenvalue weighted by Crippen LogP contribution is 2.38. The molecular weight excluding hydrogens is 372 g/mol. The van der Waals surface area contributed by atoms with Gasteiger partial charge >= 0.3 is 6.18 Å². The first-order chi connectivity index (χ1) is 11.7. The van der Waals surface area contributed by atoms with Crippen LogP contribution in [0.15, 0.2) is 48.5 Å². The molecule has 0 aliphatic heterocycles. The van der Waals surface area contributed by atoms with E-state index in [-0.39, 0.29) is 21.4 Å². The van der Waals surface area contributed by atoms with Crippen LogP contribution in [0.5, 0.6) is 0 Å². The first-order valence-electron chi connectivity index (χ1n) is 7.55. The summed E-state index contributed by atoms with van der Waals surface area (Å²) in [5, 5.41) is 0.292. The largest absolute Gasteiger partial charge is 0.399 e. The van der Waals surface area contributed by atoms with Gasteiger partial charge < -0.3 is 0 Å². The summed E-state index contributed by atoms with van der Waals surface area (Å²) in [7, 11) is 0. The highest BCUT2D eigenvalue weighted by molar-refractivity contribution is 6.34. The van der Waals surface area contributed by atoms with E-state index >= 15 is 0 Å². The SMILES string of the molecule is CCC(=O)c1ccc(/C=C/C(c2cc(Cl)cc(Cl)c2)C(F)(F)F)cc1. The number of hydrogen-bond donors (Lipinski definition) is 0. The lowest BCUT2D eigenvalue weighted by Gasteiger charge is -2.18. The third-order valence-corrected chi connectivity index (χ3v) is 4.07. The number of benzene rings is 2. The molecule has 25 heavy (non-hydrogen) atoms. The van der Waals surface area contributed by atoms with Gasteiger partial charge in [-0.05, 0) is 29.3 Å². The van der Waals surface area contributed by atoms with Crippen molar-refractivity contribution >= 4 is 35.1 Å². The van der Waals surface area contributed by atoms with Crippen molar-refractivity contribution in [3.05, 3.63) is 75.3 Å². The van der Waals surface area contributed by atoms with Crippen LogP contribution >= 0.6 is 23.2 Å². The Morgan fingerprint density at radius 3 is 2.12 bits per heavy atom. The molecule has 1 unspecified atom stereocenters. The smallest absolute Gasteiger partial charge is 0.294 e. The molecule has 0 radical (unpaired) electrons. The number of rotatable bonds is 5. The van der Waals surface area contributed by atoms with Crippen LogP contribution in [-0.2, 0) is 0 Å². The van der Waals surface area contributed by atoms with Gasteiger partial charge in [-0.2, -0.15) is 13.2 Å². The van der Waals surface area contributed by atoms with Gasteiger partial charge in [0.05, 0.1) is 5.92 Å². The summed E-state index contributed by atoms with van der Waals surface area (Å²) in [5.74, 6) is -1.85. The standard InChI is InChI=1S/C19H15Cl2F3O/c1-2-18(25)13-6-3-12(4-7-13)5-8-17(19(22,23)24)14-9-15(20)11-16(21)10-14/h3-11,17H,2H2,1H3/b8-5+. The monoisotopic (exact) mass is 386 g/mol. The quantitative estimate of drug-likeness (QED) is 0.508. The minimum atomic E-state index is -4.48. The molecule has 0 aromatic heterocycles. The van der Waals surface area contributed by atoms with Crippen molar-refractivity contribution in [3.63, 3.8) is 0 Å². The van der Waals surface area contributed by atoms with Gasteiger partial charge in [-0.15, -0.1) is 0 Å². The molecule has 132 valence electrons. The molecule has 0 aliphatic rings. The van der Waals surface area contributed by atoms with Crippen LogP contribution in [0.4, 0.5) is 13.2 Å². The molecule has 0 bridgehead atoms. The second-order valence-electron chi connectivity index (χ2n) is 5.48. The zero-order valence-corrected chi connectivity index (χ0v) is 14.8. The van der Waals surface area contributed by atoms with Gasteiger partial charge in [0, 0.05) is 22.0 Å². The number of halogens is 5. The zero-order chi connectivity index (χ0) is 18.6. The molecule has 0 heterocycles. The number of alkyl halides is 3. The first kappa shape index (κ1) is 19.5. The van der Waals surface area contributed by atoms with Crippen LogP contribution in [-0.4, -0.2) is 12.0 Å². The Bertz CT molecular complexity index is 760. The molecule has 0 aliphatic carbocycles. The van der Waals surface area contributed by atoms with Crippen LogP contribution < -0.4 is 0 Å². The Morgan fingerprint density at radius 2 is 1.64 bits per heavy atom. The highest BCUT2D eigenvalue weighted by atomic mass is 35.5. The number of allylic oxidation sites excluding steroid dienone is 1. The average Bonchev–Trinajstić information content (AvgIpc) is 2.52. The maximum absolute atomic E-state index is 13.4. The molecule has 2 aromatic rings.